The van der Waals surface area contributed by atoms with Crippen molar-refractivity contribution in [2.45, 2.75) is 12.7 Å². The normalized spacial score (nSPS) is 12.4. The van der Waals surface area contributed by atoms with E-state index in [-0.39, 0.29) is 6.10 Å². The third-order valence-electron chi connectivity index (χ3n) is 2.72. The molecule has 0 aromatic heterocycles. The van der Waals surface area contributed by atoms with Crippen LogP contribution in [0.15, 0.2) is 48.5 Å². The van der Waals surface area contributed by atoms with Gasteiger partial charge >= 0.3 is 0 Å². The van der Waals surface area contributed by atoms with E-state index in [2.05, 4.69) is 15.9 Å². The number of ether oxygens (including phenoxy) is 1. The first-order valence-corrected chi connectivity index (χ1v) is 7.74. The average Bonchev–Trinajstić information content (AvgIpc) is 2.41. The summed E-state index contributed by atoms with van der Waals surface area (Å²) in [5.74, 6) is 0. The standard InChI is InChI=1S/C15H13BrCl2O/c16-9-15(12-4-6-13(17)7-5-12)19-10-11-2-1-3-14(18)8-11/h1-8,15H,9-10H2. The molecule has 2 aromatic carbocycles. The number of hydrogen-bond acceptors (Lipinski definition) is 1. The van der Waals surface area contributed by atoms with Gasteiger partial charge in [-0.1, -0.05) is 63.4 Å². The Morgan fingerprint density at radius 1 is 1.00 bits per heavy atom. The first-order chi connectivity index (χ1) is 9.19. The maximum atomic E-state index is 5.95. The van der Waals surface area contributed by atoms with Gasteiger partial charge in [0.25, 0.3) is 0 Å². The lowest BCUT2D eigenvalue weighted by Gasteiger charge is -2.16. The first kappa shape index (κ1) is 14.9. The highest BCUT2D eigenvalue weighted by molar-refractivity contribution is 9.09. The van der Waals surface area contributed by atoms with Crippen LogP contribution in [0, 0.1) is 0 Å². The van der Waals surface area contributed by atoms with Crippen LogP contribution in [-0.2, 0) is 11.3 Å². The van der Waals surface area contributed by atoms with Gasteiger partial charge in [0, 0.05) is 15.4 Å². The van der Waals surface area contributed by atoms with Crippen molar-refractivity contribution >= 4 is 39.1 Å². The molecule has 4 heteroatoms. The summed E-state index contributed by atoms with van der Waals surface area (Å²) in [6, 6.07) is 15.4. The average molecular weight is 360 g/mol. The molecule has 100 valence electrons. The van der Waals surface area contributed by atoms with Crippen LogP contribution >= 0.6 is 39.1 Å². The molecule has 0 aliphatic carbocycles. The summed E-state index contributed by atoms with van der Waals surface area (Å²) in [5, 5.41) is 2.18. The minimum atomic E-state index is -0.00347. The molecular weight excluding hydrogens is 347 g/mol. The van der Waals surface area contributed by atoms with E-state index in [1.165, 1.54) is 0 Å². The van der Waals surface area contributed by atoms with Gasteiger partial charge in [-0.2, -0.15) is 0 Å². The highest BCUT2D eigenvalue weighted by atomic mass is 79.9. The van der Waals surface area contributed by atoms with Gasteiger partial charge < -0.3 is 4.74 Å². The summed E-state index contributed by atoms with van der Waals surface area (Å²) in [6.45, 7) is 0.527. The van der Waals surface area contributed by atoms with Gasteiger partial charge in [-0.05, 0) is 35.4 Å². The van der Waals surface area contributed by atoms with Crippen LogP contribution < -0.4 is 0 Å². The zero-order valence-corrected chi connectivity index (χ0v) is 13.3. The van der Waals surface area contributed by atoms with Crippen molar-refractivity contribution in [2.24, 2.45) is 0 Å². The molecule has 0 amide bonds. The number of hydrogen-bond donors (Lipinski definition) is 0. The summed E-state index contributed by atoms with van der Waals surface area (Å²) >= 11 is 15.3. The molecule has 1 nitrogen and oxygen atoms in total. The lowest BCUT2D eigenvalue weighted by molar-refractivity contribution is 0.0566. The third kappa shape index (κ3) is 4.50. The zero-order valence-electron chi connectivity index (χ0n) is 10.2. The lowest BCUT2D eigenvalue weighted by atomic mass is 10.1. The van der Waals surface area contributed by atoms with E-state index in [0.29, 0.717) is 6.61 Å². The lowest BCUT2D eigenvalue weighted by Crippen LogP contribution is -2.05. The SMILES string of the molecule is Clc1ccc(C(CBr)OCc2cccc(Cl)c2)cc1. The Hall–Kier alpha value is -0.540. The number of benzene rings is 2. The third-order valence-corrected chi connectivity index (χ3v) is 3.80. The topological polar surface area (TPSA) is 9.23 Å². The Morgan fingerprint density at radius 2 is 1.74 bits per heavy atom. The van der Waals surface area contributed by atoms with Crippen molar-refractivity contribution in [2.75, 3.05) is 5.33 Å². The maximum Gasteiger partial charge on any atom is 0.0926 e. The van der Waals surface area contributed by atoms with Gasteiger partial charge in [0.15, 0.2) is 0 Å². The van der Waals surface area contributed by atoms with Gasteiger partial charge in [-0.3, -0.25) is 0 Å². The Labute approximate surface area is 131 Å². The zero-order chi connectivity index (χ0) is 13.7. The molecule has 0 fully saturated rings. The molecule has 0 N–H and O–H groups in total. The van der Waals surface area contributed by atoms with Crippen molar-refractivity contribution in [3.63, 3.8) is 0 Å². The molecule has 1 unspecified atom stereocenters. The molecule has 0 aliphatic rings. The molecular formula is C15H13BrCl2O. The van der Waals surface area contributed by atoms with E-state index in [1.807, 2.05) is 48.5 Å². The highest BCUT2D eigenvalue weighted by Crippen LogP contribution is 2.23. The summed E-state index contributed by atoms with van der Waals surface area (Å²) in [6.07, 6.45) is -0.00347. The fourth-order valence-electron chi connectivity index (χ4n) is 1.73. The van der Waals surface area contributed by atoms with E-state index >= 15 is 0 Å². The molecule has 0 saturated carbocycles. The fourth-order valence-corrected chi connectivity index (χ4v) is 2.63. The van der Waals surface area contributed by atoms with E-state index in [9.17, 15) is 0 Å². The second-order valence-corrected chi connectivity index (χ2v) is 5.66. The molecule has 0 bridgehead atoms. The van der Waals surface area contributed by atoms with Gasteiger partial charge in [-0.25, -0.2) is 0 Å². The Kier molecular flexibility index (Phi) is 5.71. The van der Waals surface area contributed by atoms with Crippen molar-refractivity contribution in [3.05, 3.63) is 69.7 Å². The van der Waals surface area contributed by atoms with Crippen LogP contribution in [0.3, 0.4) is 0 Å². The van der Waals surface area contributed by atoms with Crippen molar-refractivity contribution < 1.29 is 4.74 Å². The van der Waals surface area contributed by atoms with E-state index < -0.39 is 0 Å². The molecule has 0 heterocycles. The second kappa shape index (κ2) is 7.30. The van der Waals surface area contributed by atoms with Crippen molar-refractivity contribution in [1.29, 1.82) is 0 Å². The second-order valence-electron chi connectivity index (χ2n) is 4.14. The molecule has 19 heavy (non-hydrogen) atoms. The molecule has 2 aromatic rings. The first-order valence-electron chi connectivity index (χ1n) is 5.86. The smallest absolute Gasteiger partial charge is 0.0926 e. The van der Waals surface area contributed by atoms with Gasteiger partial charge in [-0.15, -0.1) is 0 Å². The summed E-state index contributed by atoms with van der Waals surface area (Å²) in [7, 11) is 0. The van der Waals surface area contributed by atoms with Crippen LogP contribution in [0.2, 0.25) is 10.0 Å². The van der Waals surface area contributed by atoms with Gasteiger partial charge in [0.2, 0.25) is 0 Å². The van der Waals surface area contributed by atoms with Gasteiger partial charge in [0.1, 0.15) is 0 Å². The Bertz CT molecular complexity index is 528. The number of halogens is 3. The molecule has 0 aliphatic heterocycles. The van der Waals surface area contributed by atoms with Crippen molar-refractivity contribution in [1.82, 2.24) is 0 Å². The largest absolute Gasteiger partial charge is 0.368 e. The summed E-state index contributed by atoms with van der Waals surface area (Å²) < 4.78 is 5.91. The molecule has 0 saturated heterocycles. The summed E-state index contributed by atoms with van der Waals surface area (Å²) in [5.41, 5.74) is 2.16. The molecule has 1 atom stereocenters. The van der Waals surface area contributed by atoms with Crippen LogP contribution in [0.1, 0.15) is 17.2 Å². The van der Waals surface area contributed by atoms with E-state index in [1.54, 1.807) is 0 Å². The van der Waals surface area contributed by atoms with E-state index in [4.69, 9.17) is 27.9 Å². The predicted octanol–water partition coefficient (Wildman–Crippen LogP) is 5.65. The summed E-state index contributed by atoms with van der Waals surface area (Å²) in [4.78, 5) is 0. The van der Waals surface area contributed by atoms with E-state index in [0.717, 1.165) is 26.5 Å². The predicted molar refractivity (Wildman–Crippen MR) is 84.2 cm³/mol. The van der Waals surface area contributed by atoms with Gasteiger partial charge in [0.05, 0.1) is 12.7 Å². The maximum absolute atomic E-state index is 5.95. The monoisotopic (exact) mass is 358 g/mol. The van der Waals surface area contributed by atoms with Crippen LogP contribution in [0.25, 0.3) is 0 Å². The fraction of sp³-hybridized carbons (Fsp3) is 0.200. The molecule has 2 rings (SSSR count). The van der Waals surface area contributed by atoms with Crippen LogP contribution in [-0.4, -0.2) is 5.33 Å². The van der Waals surface area contributed by atoms with Crippen LogP contribution in [0.5, 0.6) is 0 Å². The highest BCUT2D eigenvalue weighted by Gasteiger charge is 2.10. The Balaban J connectivity index is 2.01. The van der Waals surface area contributed by atoms with Crippen molar-refractivity contribution in [3.8, 4) is 0 Å². The van der Waals surface area contributed by atoms with Crippen LogP contribution in [0.4, 0.5) is 0 Å². The molecule has 0 spiro atoms. The molecule has 0 radical (unpaired) electrons. The quantitative estimate of drug-likeness (QED) is 0.627. The minimum Gasteiger partial charge on any atom is -0.368 e. The number of rotatable bonds is 5. The number of alkyl halides is 1. The Morgan fingerprint density at radius 3 is 2.37 bits per heavy atom. The minimum absolute atomic E-state index is 0.00347.